The molecule has 0 amide bonds. The monoisotopic (exact) mass is 1750 g/mol. The molecule has 0 saturated heterocycles. The van der Waals surface area contributed by atoms with Crippen LogP contribution in [-0.2, 0) is 21.7 Å². The molecule has 640 valence electrons. The Kier molecular flexibility index (Phi) is 15.2. The fourth-order valence-corrected chi connectivity index (χ4v) is 26.9. The number of fused-ring (bicyclic) bond motifs is 44. The second-order valence-corrected chi connectivity index (χ2v) is 38.9. The van der Waals surface area contributed by atoms with Crippen LogP contribution in [0.3, 0.4) is 0 Å². The lowest BCUT2D eigenvalue weighted by atomic mass is 9.67. The lowest BCUT2D eigenvalue weighted by Crippen LogP contribution is -2.28. The van der Waals surface area contributed by atoms with Crippen molar-refractivity contribution in [1.82, 2.24) is 19.1 Å². The molecule has 2 spiro atoms. The van der Waals surface area contributed by atoms with Gasteiger partial charge in [0.25, 0.3) is 0 Å². The Morgan fingerprint density at radius 1 is 0.217 bits per heavy atom. The molecule has 138 heavy (non-hydrogen) atoms. The minimum atomic E-state index is -0.545. The van der Waals surface area contributed by atoms with Crippen molar-refractivity contribution in [1.29, 1.82) is 0 Å². The number of nitrogens with zero attached hydrogens (tertiary/aromatic N) is 4. The molecule has 0 radical (unpaired) electrons. The summed E-state index contributed by atoms with van der Waals surface area (Å²) in [6.07, 6.45) is 0. The highest BCUT2D eigenvalue weighted by Crippen LogP contribution is 2.68. The van der Waals surface area contributed by atoms with Crippen molar-refractivity contribution in [3.63, 3.8) is 0 Å². The fourth-order valence-electron chi connectivity index (χ4n) is 26.9. The van der Waals surface area contributed by atoms with Crippen LogP contribution in [0.15, 0.2) is 458 Å². The molecule has 6 aromatic heterocycles. The van der Waals surface area contributed by atoms with Crippen LogP contribution in [0.1, 0.15) is 91.7 Å². The Balaban J connectivity index is 0.000000129. The third kappa shape index (κ3) is 9.60. The number of aromatic nitrogens is 4. The molecular weight excluding hydrogens is 1670 g/mol. The van der Waals surface area contributed by atoms with Gasteiger partial charge < -0.3 is 18.0 Å². The van der Waals surface area contributed by atoms with Crippen LogP contribution < -0.4 is 0 Å². The van der Waals surface area contributed by atoms with Gasteiger partial charge in [-0.3, -0.25) is 0 Å². The SMILES string of the molecule is CC1(C)c2ccccc2-c2cc3c(cc21)c1oc2ccccc2c1n3-c1cccc(-c2nc3ccccc3c3c4c(ccc23)C2(c3ccccc3-c3ccccc32)c2ccccc2-4)c1.c1ccc(C2(c3ccccc3)c3ccccc3-c3cc4c(cc32)c2oc3ccccc3c2n4-c2cccc(-c3nc4ccccc4c4c5c(ccc34)C3(c4ccccc4-c4ccccc43)c3ccccc3-5)c2)cc1. The molecule has 6 heteroatoms. The molecule has 0 bridgehead atoms. The van der Waals surface area contributed by atoms with Crippen LogP contribution in [0.4, 0.5) is 0 Å². The first-order valence-electron chi connectivity index (χ1n) is 48.1. The van der Waals surface area contributed by atoms with E-state index in [4.69, 9.17) is 18.8 Å². The average Bonchev–Trinajstić information content (AvgIpc) is 1.50. The maximum absolute atomic E-state index is 7.03. The summed E-state index contributed by atoms with van der Waals surface area (Å²) in [5.41, 5.74) is 48.4. The number of hydrogen-bond donors (Lipinski definition) is 0. The normalized spacial score (nSPS) is 14.4. The van der Waals surface area contributed by atoms with Gasteiger partial charge in [0.05, 0.1) is 49.7 Å². The van der Waals surface area contributed by atoms with E-state index in [2.05, 4.69) is 472 Å². The van der Waals surface area contributed by atoms with E-state index < -0.39 is 16.2 Å². The van der Waals surface area contributed by atoms with Crippen molar-refractivity contribution in [3.05, 3.63) is 527 Å². The minimum absolute atomic E-state index is 0.131. The van der Waals surface area contributed by atoms with Crippen LogP contribution in [0.25, 0.3) is 210 Å². The number of benzene rings is 20. The molecule has 0 atom stereocenters. The predicted molar refractivity (Wildman–Crippen MR) is 565 cm³/mol. The summed E-state index contributed by atoms with van der Waals surface area (Å²) in [6, 6.07) is 166. The summed E-state index contributed by atoms with van der Waals surface area (Å²) >= 11 is 0. The Labute approximate surface area is 794 Å². The van der Waals surface area contributed by atoms with Crippen LogP contribution in [0, 0.1) is 0 Å². The topological polar surface area (TPSA) is 61.9 Å². The highest BCUT2D eigenvalue weighted by atomic mass is 16.3. The number of hydrogen-bond acceptors (Lipinski definition) is 4. The van der Waals surface area contributed by atoms with Crippen molar-refractivity contribution >= 4 is 109 Å². The third-order valence-electron chi connectivity index (χ3n) is 32.2. The number of rotatable bonds is 6. The lowest BCUT2D eigenvalue weighted by Gasteiger charge is -2.33. The maximum Gasteiger partial charge on any atom is 0.161 e. The van der Waals surface area contributed by atoms with Gasteiger partial charge in [-0.2, -0.15) is 0 Å². The minimum Gasteiger partial charge on any atom is -0.454 e. The van der Waals surface area contributed by atoms with Gasteiger partial charge >= 0.3 is 0 Å². The summed E-state index contributed by atoms with van der Waals surface area (Å²) in [4.78, 5) is 11.2. The first-order chi connectivity index (χ1) is 68.2. The first kappa shape index (κ1) is 75.9. The molecule has 26 aromatic rings. The van der Waals surface area contributed by atoms with Gasteiger partial charge in [0.15, 0.2) is 11.2 Å². The van der Waals surface area contributed by atoms with Crippen molar-refractivity contribution in [2.24, 2.45) is 0 Å². The highest BCUT2D eigenvalue weighted by Gasteiger charge is 2.55. The van der Waals surface area contributed by atoms with E-state index in [1.54, 1.807) is 0 Å². The van der Waals surface area contributed by atoms with Gasteiger partial charge in [0.2, 0.25) is 0 Å². The summed E-state index contributed by atoms with van der Waals surface area (Å²) < 4.78 is 18.7. The number of para-hydroxylation sites is 4. The van der Waals surface area contributed by atoms with E-state index in [1.165, 1.54) is 161 Å². The predicted octanol–water partition coefficient (Wildman–Crippen LogP) is 33.2. The molecule has 0 aliphatic heterocycles. The molecule has 6 aliphatic rings. The van der Waals surface area contributed by atoms with Crippen LogP contribution in [0.2, 0.25) is 0 Å². The number of pyridine rings is 2. The highest BCUT2D eigenvalue weighted by molar-refractivity contribution is 6.24. The Hall–Kier alpha value is -17.6. The lowest BCUT2D eigenvalue weighted by molar-refractivity contribution is 0.660. The summed E-state index contributed by atoms with van der Waals surface area (Å²) in [5, 5.41) is 11.5. The van der Waals surface area contributed by atoms with Gasteiger partial charge in [-0.05, 0) is 230 Å². The zero-order valence-corrected chi connectivity index (χ0v) is 75.3. The molecule has 0 N–H and O–H groups in total. The van der Waals surface area contributed by atoms with Gasteiger partial charge in [-0.25, -0.2) is 9.97 Å². The molecule has 32 rings (SSSR count). The van der Waals surface area contributed by atoms with Crippen molar-refractivity contribution in [3.8, 4) is 101 Å². The van der Waals surface area contributed by atoms with Crippen molar-refractivity contribution < 1.29 is 8.83 Å². The molecule has 6 aliphatic carbocycles. The van der Waals surface area contributed by atoms with E-state index in [1.807, 2.05) is 0 Å². The Morgan fingerprint density at radius 2 is 0.543 bits per heavy atom. The van der Waals surface area contributed by atoms with Crippen molar-refractivity contribution in [2.45, 2.75) is 35.5 Å². The van der Waals surface area contributed by atoms with Gasteiger partial charge in [0, 0.05) is 81.8 Å². The van der Waals surface area contributed by atoms with Gasteiger partial charge in [-0.15, -0.1) is 0 Å². The molecule has 0 unspecified atom stereocenters. The summed E-state index contributed by atoms with van der Waals surface area (Å²) in [5.74, 6) is 0. The van der Waals surface area contributed by atoms with E-state index in [-0.39, 0.29) is 5.41 Å². The maximum atomic E-state index is 7.03. The largest absolute Gasteiger partial charge is 0.454 e. The number of furan rings is 2. The van der Waals surface area contributed by atoms with Crippen LogP contribution in [0.5, 0.6) is 0 Å². The van der Waals surface area contributed by atoms with E-state index >= 15 is 0 Å². The average molecular weight is 1750 g/mol. The zero-order valence-electron chi connectivity index (χ0n) is 75.3. The van der Waals surface area contributed by atoms with E-state index in [0.717, 1.165) is 127 Å². The third-order valence-corrected chi connectivity index (χ3v) is 32.2. The van der Waals surface area contributed by atoms with E-state index in [0.29, 0.717) is 0 Å². The Bertz CT molecular complexity index is 9790. The molecule has 20 aromatic carbocycles. The molecule has 0 saturated carbocycles. The molecule has 6 nitrogen and oxygen atoms in total. The fraction of sp³-hybridized carbons (Fsp3) is 0.0455. The molecule has 6 heterocycles. The summed E-state index contributed by atoms with van der Waals surface area (Å²) in [7, 11) is 0. The second-order valence-electron chi connectivity index (χ2n) is 38.9. The van der Waals surface area contributed by atoms with E-state index in [9.17, 15) is 0 Å². The van der Waals surface area contributed by atoms with Crippen LogP contribution >= 0.6 is 0 Å². The van der Waals surface area contributed by atoms with Gasteiger partial charge in [0.1, 0.15) is 22.2 Å². The van der Waals surface area contributed by atoms with Crippen LogP contribution in [-0.4, -0.2) is 19.1 Å². The summed E-state index contributed by atoms with van der Waals surface area (Å²) in [6.45, 7) is 4.69. The second kappa shape index (κ2) is 27.6. The van der Waals surface area contributed by atoms with Gasteiger partial charge in [-0.1, -0.05) is 378 Å². The molecule has 0 fully saturated rings. The van der Waals surface area contributed by atoms with Crippen molar-refractivity contribution in [2.75, 3.05) is 0 Å². The quantitative estimate of drug-likeness (QED) is 0.156. The standard InChI is InChI=1S/C71H42N2O.C61H38N2O/c1-3-21-44(22-4-1)70(45-23-5-2-6-24-45)56-32-13-9-28-49(56)54-42-63-55(41-61(54)70)69-68(52-31-12-18-37-64(52)74-69)73(63)46-25-19-20-43(40-46)67-53-38-39-60-66(65(53)51-30-11-17-36-62(51)72-67)50-29-10-16-35-59(50)71(60)57-33-14-7-26-47(57)48-27-8-15-34-58(48)71;1-60(2)46-24-9-3-20-39(46)44-34-53-45(33-51(44)60)59-58(42-23-8-14-29-54(42)64-59)63(53)36-17-15-16-35(32-36)57-43-30-31-50-56(55(43)41-22-7-13-28-52(41)62-57)40-21-6-12-27-49(40)61(50)47-25-10-4-18-37(47)38-19-5-11-26-48(38)61/h1-42H;3-34H,1-2H3. The first-order valence-corrected chi connectivity index (χ1v) is 48.1. The molecular formula is C132H80N4O2. The smallest absolute Gasteiger partial charge is 0.161 e. The zero-order chi connectivity index (χ0) is 90.3. The Morgan fingerprint density at radius 3 is 0.971 bits per heavy atom.